The summed E-state index contributed by atoms with van der Waals surface area (Å²) in [7, 11) is -4.27. The van der Waals surface area contributed by atoms with Crippen molar-refractivity contribution in [2.24, 2.45) is 0 Å². The number of carbonyl (C=O) groups is 2. The molecular formula is C36H37Cl2N3O6S. The fraction of sp³-hybridized carbons (Fsp3) is 0.278. The van der Waals surface area contributed by atoms with Crippen LogP contribution in [0.1, 0.15) is 30.9 Å². The van der Waals surface area contributed by atoms with E-state index < -0.39 is 28.5 Å². The number of nitrogens with zero attached hydrogens (tertiary/aromatic N) is 2. The van der Waals surface area contributed by atoms with Crippen molar-refractivity contribution in [1.82, 2.24) is 10.2 Å². The number of sulfonamides is 1. The van der Waals surface area contributed by atoms with Crippen LogP contribution in [0.5, 0.6) is 11.5 Å². The maximum Gasteiger partial charge on any atom is 0.264 e. The Hall–Kier alpha value is -4.25. The van der Waals surface area contributed by atoms with Crippen LogP contribution in [0, 0.1) is 0 Å². The number of halogens is 2. The Kier molecular flexibility index (Phi) is 11.9. The number of ether oxygens (including phenoxy) is 2. The minimum atomic E-state index is -4.27. The van der Waals surface area contributed by atoms with Crippen LogP contribution in [0.3, 0.4) is 0 Å². The number of unbranched alkanes of at least 4 members (excludes halogenated alkanes) is 1. The lowest BCUT2D eigenvalue weighted by Gasteiger charge is -2.34. The SMILES string of the molecule is CCCCNC(=O)C(Cc1ccccc1)N(Cc1ccc(Cl)c(Cl)c1)C(=O)CN(c1ccc2c(c1)OCCO2)S(=O)(=O)c1ccccc1. The maximum atomic E-state index is 14.6. The van der Waals surface area contributed by atoms with Crippen molar-refractivity contribution in [2.75, 3.05) is 30.6 Å². The van der Waals surface area contributed by atoms with Gasteiger partial charge >= 0.3 is 0 Å². The number of benzene rings is 4. The quantitative estimate of drug-likeness (QED) is 0.150. The normalized spacial score (nSPS) is 13.0. The van der Waals surface area contributed by atoms with Gasteiger partial charge in [0.1, 0.15) is 25.8 Å². The summed E-state index contributed by atoms with van der Waals surface area (Å²) < 4.78 is 40.9. The summed E-state index contributed by atoms with van der Waals surface area (Å²) in [5, 5.41) is 3.61. The smallest absolute Gasteiger partial charge is 0.264 e. The molecule has 5 rings (SSSR count). The Labute approximate surface area is 291 Å². The monoisotopic (exact) mass is 709 g/mol. The number of anilines is 1. The summed E-state index contributed by atoms with van der Waals surface area (Å²) in [6, 6.07) is 26.0. The fourth-order valence-corrected chi connectivity index (χ4v) is 7.08. The van der Waals surface area contributed by atoms with E-state index in [9.17, 15) is 18.0 Å². The highest BCUT2D eigenvalue weighted by Gasteiger charge is 2.35. The first-order chi connectivity index (χ1) is 23.2. The number of nitrogens with one attached hydrogen (secondary N) is 1. The summed E-state index contributed by atoms with van der Waals surface area (Å²) in [5.41, 5.74) is 1.66. The van der Waals surface area contributed by atoms with Crippen LogP contribution in [-0.2, 0) is 32.6 Å². The van der Waals surface area contributed by atoms with E-state index in [0.717, 1.165) is 22.7 Å². The molecule has 2 amide bonds. The van der Waals surface area contributed by atoms with Gasteiger partial charge in [-0.15, -0.1) is 0 Å². The molecule has 0 saturated carbocycles. The molecule has 1 heterocycles. The van der Waals surface area contributed by atoms with Crippen molar-refractivity contribution in [2.45, 2.75) is 43.7 Å². The van der Waals surface area contributed by atoms with E-state index in [2.05, 4.69) is 5.32 Å². The first kappa shape index (κ1) is 35.1. The molecule has 4 aromatic carbocycles. The molecule has 0 bridgehead atoms. The molecule has 9 nitrogen and oxygen atoms in total. The molecule has 48 heavy (non-hydrogen) atoms. The van der Waals surface area contributed by atoms with Gasteiger partial charge in [-0.3, -0.25) is 13.9 Å². The van der Waals surface area contributed by atoms with Crippen molar-refractivity contribution in [3.63, 3.8) is 0 Å². The second kappa shape index (κ2) is 16.2. The Morgan fingerprint density at radius 2 is 1.52 bits per heavy atom. The molecule has 0 fully saturated rings. The van der Waals surface area contributed by atoms with E-state index in [1.165, 1.54) is 17.0 Å². The summed E-state index contributed by atoms with van der Waals surface area (Å²) in [6.45, 7) is 2.48. The minimum Gasteiger partial charge on any atom is -0.486 e. The zero-order valence-corrected chi connectivity index (χ0v) is 28.8. The summed E-state index contributed by atoms with van der Waals surface area (Å²) >= 11 is 12.6. The molecule has 4 aromatic rings. The second-order valence-electron chi connectivity index (χ2n) is 11.3. The van der Waals surface area contributed by atoms with Crippen molar-refractivity contribution in [3.05, 3.63) is 118 Å². The molecule has 0 radical (unpaired) electrons. The van der Waals surface area contributed by atoms with Crippen LogP contribution in [-0.4, -0.2) is 57.5 Å². The van der Waals surface area contributed by atoms with E-state index in [1.807, 2.05) is 37.3 Å². The van der Waals surface area contributed by atoms with Crippen molar-refractivity contribution in [1.29, 1.82) is 0 Å². The third-order valence-corrected chi connectivity index (χ3v) is 10.4. The molecule has 12 heteroatoms. The molecule has 1 unspecified atom stereocenters. The largest absolute Gasteiger partial charge is 0.486 e. The summed E-state index contributed by atoms with van der Waals surface area (Å²) in [5.74, 6) is -0.106. The highest BCUT2D eigenvalue weighted by molar-refractivity contribution is 7.92. The molecule has 0 aromatic heterocycles. The van der Waals surface area contributed by atoms with Crippen molar-refractivity contribution < 1.29 is 27.5 Å². The molecule has 1 N–H and O–H groups in total. The fourth-order valence-electron chi connectivity index (χ4n) is 5.33. The summed E-state index contributed by atoms with van der Waals surface area (Å²) in [6.07, 6.45) is 1.83. The third kappa shape index (κ3) is 8.61. The summed E-state index contributed by atoms with van der Waals surface area (Å²) in [4.78, 5) is 30.0. The Morgan fingerprint density at radius 3 is 2.21 bits per heavy atom. The number of fused-ring (bicyclic) bond motifs is 1. The van der Waals surface area contributed by atoms with Crippen LogP contribution in [0.25, 0.3) is 0 Å². The molecule has 0 aliphatic carbocycles. The Balaban J connectivity index is 1.58. The lowest BCUT2D eigenvalue weighted by Crippen LogP contribution is -2.53. The number of carbonyl (C=O) groups excluding carboxylic acids is 2. The van der Waals surface area contributed by atoms with E-state index in [0.29, 0.717) is 41.8 Å². The number of amides is 2. The van der Waals surface area contributed by atoms with Gasteiger partial charge in [-0.25, -0.2) is 8.42 Å². The molecule has 1 atom stereocenters. The number of hydrogen-bond donors (Lipinski definition) is 1. The van der Waals surface area contributed by atoms with Gasteiger partial charge in [0, 0.05) is 25.6 Å². The van der Waals surface area contributed by atoms with Gasteiger partial charge in [0.05, 0.1) is 20.6 Å². The first-order valence-electron chi connectivity index (χ1n) is 15.7. The van der Waals surface area contributed by atoms with Gasteiger partial charge in [-0.2, -0.15) is 0 Å². The highest BCUT2D eigenvalue weighted by atomic mass is 35.5. The molecule has 1 aliphatic heterocycles. The Morgan fingerprint density at radius 1 is 0.833 bits per heavy atom. The predicted molar refractivity (Wildman–Crippen MR) is 187 cm³/mol. The molecule has 1 aliphatic rings. The van der Waals surface area contributed by atoms with Gasteiger partial charge in [0.15, 0.2) is 11.5 Å². The lowest BCUT2D eigenvalue weighted by molar-refractivity contribution is -0.140. The Bertz CT molecular complexity index is 1830. The van der Waals surface area contributed by atoms with Gasteiger partial charge in [0.2, 0.25) is 11.8 Å². The number of rotatable bonds is 14. The predicted octanol–water partition coefficient (Wildman–Crippen LogP) is 6.52. The molecule has 252 valence electrons. The zero-order chi connectivity index (χ0) is 34.1. The van der Waals surface area contributed by atoms with Gasteiger partial charge in [-0.05, 0) is 53.9 Å². The maximum absolute atomic E-state index is 14.6. The molecule has 0 spiro atoms. The topological polar surface area (TPSA) is 105 Å². The van der Waals surface area contributed by atoms with Crippen LogP contribution in [0.4, 0.5) is 5.69 Å². The van der Waals surface area contributed by atoms with Crippen LogP contribution >= 0.6 is 23.2 Å². The zero-order valence-electron chi connectivity index (χ0n) is 26.5. The third-order valence-electron chi connectivity index (χ3n) is 7.86. The number of hydrogen-bond acceptors (Lipinski definition) is 6. The second-order valence-corrected chi connectivity index (χ2v) is 13.9. The van der Waals surface area contributed by atoms with Crippen LogP contribution in [0.2, 0.25) is 10.0 Å². The van der Waals surface area contributed by atoms with Gasteiger partial charge < -0.3 is 19.7 Å². The average Bonchev–Trinajstić information content (AvgIpc) is 3.10. The minimum absolute atomic E-state index is 0.00173. The highest BCUT2D eigenvalue weighted by Crippen LogP contribution is 2.36. The molecular weight excluding hydrogens is 673 g/mol. The molecule has 0 saturated heterocycles. The van der Waals surface area contributed by atoms with E-state index in [1.54, 1.807) is 54.6 Å². The van der Waals surface area contributed by atoms with E-state index >= 15 is 0 Å². The lowest BCUT2D eigenvalue weighted by atomic mass is 10.0. The van der Waals surface area contributed by atoms with Crippen LogP contribution in [0.15, 0.2) is 102 Å². The van der Waals surface area contributed by atoms with E-state index in [4.69, 9.17) is 32.7 Å². The standard InChI is InChI=1S/C36H37Cl2N3O6S/c1-2-3-18-39-36(43)32(22-26-10-6-4-7-11-26)40(24-27-14-16-30(37)31(38)21-27)35(42)25-41(48(44,45)29-12-8-5-9-13-29)28-15-17-33-34(23-28)47-20-19-46-33/h4-17,21,23,32H,2-3,18-20,22,24-25H2,1H3,(H,39,43). The van der Waals surface area contributed by atoms with Gasteiger partial charge in [0.25, 0.3) is 10.0 Å². The van der Waals surface area contributed by atoms with E-state index in [-0.39, 0.29) is 34.5 Å². The first-order valence-corrected chi connectivity index (χ1v) is 17.9. The average molecular weight is 711 g/mol. The van der Waals surface area contributed by atoms with Crippen molar-refractivity contribution >= 4 is 50.7 Å². The van der Waals surface area contributed by atoms with Gasteiger partial charge in [-0.1, -0.05) is 91.1 Å². The van der Waals surface area contributed by atoms with Crippen LogP contribution < -0.4 is 19.1 Å². The van der Waals surface area contributed by atoms with Crippen molar-refractivity contribution in [3.8, 4) is 11.5 Å².